The molecule has 0 saturated carbocycles. The smallest absolute Gasteiger partial charge is 0.287 e. The monoisotopic (exact) mass is 283 g/mol. The molecule has 0 aliphatic heterocycles. The first kappa shape index (κ1) is 16.2. The average molecular weight is 283 g/mol. The van der Waals surface area contributed by atoms with Crippen LogP contribution >= 0.6 is 0 Å². The van der Waals surface area contributed by atoms with Crippen LogP contribution in [0.2, 0.25) is 0 Å². The molecule has 0 bridgehead atoms. The van der Waals surface area contributed by atoms with Crippen molar-refractivity contribution in [3.63, 3.8) is 0 Å². The van der Waals surface area contributed by atoms with Crippen LogP contribution in [0.3, 0.4) is 0 Å². The van der Waals surface area contributed by atoms with Crippen LogP contribution in [0, 0.1) is 10.1 Å². The van der Waals surface area contributed by atoms with Gasteiger partial charge in [-0.15, -0.1) is 0 Å². The van der Waals surface area contributed by atoms with Crippen LogP contribution in [0.15, 0.2) is 12.3 Å². The Morgan fingerprint density at radius 1 is 1.45 bits per heavy atom. The van der Waals surface area contributed by atoms with Crippen LogP contribution in [-0.4, -0.2) is 44.6 Å². The highest BCUT2D eigenvalue weighted by atomic mass is 16.6. The molecule has 1 aromatic rings. The predicted molar refractivity (Wildman–Crippen MR) is 74.7 cm³/mol. The fourth-order valence-electron chi connectivity index (χ4n) is 2.01. The van der Waals surface area contributed by atoms with Crippen molar-refractivity contribution in [2.75, 3.05) is 13.2 Å². The number of aliphatic hydroxyl groups excluding tert-OH is 1. The minimum atomic E-state index is -0.512. The lowest BCUT2D eigenvalue weighted by atomic mass is 10.2. The number of hydrogen-bond donors (Lipinski definition) is 1. The molecule has 0 aliphatic rings. The summed E-state index contributed by atoms with van der Waals surface area (Å²) in [6.07, 6.45) is 1.37. The number of nitrogens with zero attached hydrogens (tertiary/aromatic N) is 3. The number of hydrogen-bond acceptors (Lipinski definition) is 4. The molecular formula is C13H21N3O4. The fraction of sp³-hybridized carbons (Fsp3) is 0.615. The first-order valence-electron chi connectivity index (χ1n) is 6.57. The van der Waals surface area contributed by atoms with E-state index in [0.29, 0.717) is 0 Å². The van der Waals surface area contributed by atoms with Crippen molar-refractivity contribution in [1.29, 1.82) is 0 Å². The molecule has 20 heavy (non-hydrogen) atoms. The van der Waals surface area contributed by atoms with E-state index in [1.165, 1.54) is 17.2 Å². The van der Waals surface area contributed by atoms with Gasteiger partial charge < -0.3 is 14.6 Å². The number of nitro groups is 1. The summed E-state index contributed by atoms with van der Waals surface area (Å²) in [6, 6.07) is 1.13. The predicted octanol–water partition coefficient (Wildman–Crippen LogP) is 1.82. The third kappa shape index (κ3) is 3.36. The van der Waals surface area contributed by atoms with Gasteiger partial charge in [-0.3, -0.25) is 14.9 Å². The summed E-state index contributed by atoms with van der Waals surface area (Å²) in [5.41, 5.74) is 0.170. The maximum Gasteiger partial charge on any atom is 0.287 e. The minimum Gasteiger partial charge on any atom is -0.395 e. The minimum absolute atomic E-state index is 0.0641. The third-order valence-electron chi connectivity index (χ3n) is 3.05. The number of aromatic nitrogens is 1. The maximum absolute atomic E-state index is 12.5. The Labute approximate surface area is 118 Å². The maximum atomic E-state index is 12.5. The molecule has 7 nitrogen and oxygen atoms in total. The zero-order valence-electron chi connectivity index (χ0n) is 12.2. The highest BCUT2D eigenvalue weighted by Gasteiger charge is 2.25. The molecule has 0 spiro atoms. The van der Waals surface area contributed by atoms with Crippen LogP contribution in [0.1, 0.15) is 44.2 Å². The highest BCUT2D eigenvalue weighted by Crippen LogP contribution is 2.22. The summed E-state index contributed by atoms with van der Waals surface area (Å²) in [4.78, 5) is 24.4. The molecule has 0 atom stereocenters. The average Bonchev–Trinajstić information content (AvgIpc) is 2.80. The zero-order chi connectivity index (χ0) is 15.4. The first-order chi connectivity index (χ1) is 9.29. The van der Waals surface area contributed by atoms with E-state index in [1.54, 1.807) is 4.57 Å². The lowest BCUT2D eigenvalue weighted by Crippen LogP contribution is -2.40. The van der Waals surface area contributed by atoms with Crippen molar-refractivity contribution in [3.8, 4) is 0 Å². The second kappa shape index (κ2) is 6.51. The van der Waals surface area contributed by atoms with E-state index in [2.05, 4.69) is 0 Å². The van der Waals surface area contributed by atoms with Crippen molar-refractivity contribution < 1.29 is 14.8 Å². The van der Waals surface area contributed by atoms with Gasteiger partial charge in [0, 0.05) is 24.7 Å². The molecule has 0 radical (unpaired) electrons. The molecule has 1 aromatic heterocycles. The standard InChI is InChI=1S/C13H21N3O4/c1-9(2)14(5-6-17)13(18)12-7-11(16(19)20)8-15(12)10(3)4/h7-10,17H,5-6H2,1-4H3. The van der Waals surface area contributed by atoms with E-state index in [1.807, 2.05) is 27.7 Å². The first-order valence-corrected chi connectivity index (χ1v) is 6.57. The Hall–Kier alpha value is -1.89. The number of carbonyl (C=O) groups excluding carboxylic acids is 1. The molecule has 1 heterocycles. The summed E-state index contributed by atoms with van der Waals surface area (Å²) < 4.78 is 1.59. The summed E-state index contributed by atoms with van der Waals surface area (Å²) in [7, 11) is 0. The van der Waals surface area contributed by atoms with Crippen molar-refractivity contribution in [1.82, 2.24) is 9.47 Å². The number of amides is 1. The van der Waals surface area contributed by atoms with E-state index < -0.39 is 4.92 Å². The highest BCUT2D eigenvalue weighted by molar-refractivity contribution is 5.93. The van der Waals surface area contributed by atoms with Gasteiger partial charge >= 0.3 is 0 Å². The van der Waals surface area contributed by atoms with Gasteiger partial charge in [-0.1, -0.05) is 0 Å². The van der Waals surface area contributed by atoms with Gasteiger partial charge in [0.25, 0.3) is 11.6 Å². The molecule has 0 aliphatic carbocycles. The Morgan fingerprint density at radius 3 is 2.45 bits per heavy atom. The Morgan fingerprint density at radius 2 is 2.05 bits per heavy atom. The molecule has 0 unspecified atom stereocenters. The molecule has 1 rings (SSSR count). The Balaban J connectivity index is 3.22. The summed E-state index contributed by atoms with van der Waals surface area (Å²) >= 11 is 0. The van der Waals surface area contributed by atoms with E-state index >= 15 is 0 Å². The van der Waals surface area contributed by atoms with E-state index in [-0.39, 0.29) is 42.5 Å². The normalized spacial score (nSPS) is 11.2. The van der Waals surface area contributed by atoms with Crippen LogP contribution in [0.25, 0.3) is 0 Å². The van der Waals surface area contributed by atoms with Gasteiger partial charge in [0.05, 0.1) is 17.7 Å². The fourth-order valence-corrected chi connectivity index (χ4v) is 2.01. The summed E-state index contributed by atoms with van der Waals surface area (Å²) in [6.45, 7) is 7.44. The second-order valence-corrected chi connectivity index (χ2v) is 5.16. The summed E-state index contributed by atoms with van der Waals surface area (Å²) in [5.74, 6) is -0.309. The van der Waals surface area contributed by atoms with Crippen LogP contribution < -0.4 is 0 Å². The van der Waals surface area contributed by atoms with Gasteiger partial charge in [-0.05, 0) is 27.7 Å². The van der Waals surface area contributed by atoms with Crippen molar-refractivity contribution in [2.45, 2.75) is 39.8 Å². The number of aliphatic hydroxyl groups is 1. The SMILES string of the molecule is CC(C)N(CCO)C(=O)c1cc([N+](=O)[O-])cn1C(C)C. The second-order valence-electron chi connectivity index (χ2n) is 5.16. The largest absolute Gasteiger partial charge is 0.395 e. The molecule has 112 valence electrons. The lowest BCUT2D eigenvalue weighted by Gasteiger charge is -2.26. The van der Waals surface area contributed by atoms with Gasteiger partial charge in [0.15, 0.2) is 0 Å². The van der Waals surface area contributed by atoms with E-state index in [4.69, 9.17) is 5.11 Å². The van der Waals surface area contributed by atoms with Crippen LogP contribution in [0.4, 0.5) is 5.69 Å². The lowest BCUT2D eigenvalue weighted by molar-refractivity contribution is -0.384. The van der Waals surface area contributed by atoms with Crippen LogP contribution in [0.5, 0.6) is 0 Å². The molecule has 1 amide bonds. The van der Waals surface area contributed by atoms with E-state index in [0.717, 1.165) is 0 Å². The molecular weight excluding hydrogens is 262 g/mol. The van der Waals surface area contributed by atoms with Crippen LogP contribution in [-0.2, 0) is 0 Å². The van der Waals surface area contributed by atoms with Crippen molar-refractivity contribution in [2.24, 2.45) is 0 Å². The zero-order valence-corrected chi connectivity index (χ0v) is 12.2. The molecule has 7 heteroatoms. The number of carbonyl (C=O) groups is 1. The van der Waals surface area contributed by atoms with Gasteiger partial charge in [0.2, 0.25) is 0 Å². The van der Waals surface area contributed by atoms with Gasteiger partial charge in [-0.2, -0.15) is 0 Å². The Bertz CT molecular complexity index is 494. The van der Waals surface area contributed by atoms with E-state index in [9.17, 15) is 14.9 Å². The van der Waals surface area contributed by atoms with Gasteiger partial charge in [0.1, 0.15) is 5.69 Å². The third-order valence-corrected chi connectivity index (χ3v) is 3.05. The topological polar surface area (TPSA) is 88.6 Å². The quantitative estimate of drug-likeness (QED) is 0.637. The molecule has 0 aromatic carbocycles. The van der Waals surface area contributed by atoms with Crippen molar-refractivity contribution >= 4 is 11.6 Å². The molecule has 0 saturated heterocycles. The summed E-state index contributed by atoms with van der Waals surface area (Å²) in [5, 5.41) is 19.9. The molecule has 0 fully saturated rings. The van der Waals surface area contributed by atoms with Crippen molar-refractivity contribution in [3.05, 3.63) is 28.1 Å². The van der Waals surface area contributed by atoms with Gasteiger partial charge in [-0.25, -0.2) is 0 Å². The molecule has 1 N–H and O–H groups in total. The Kier molecular flexibility index (Phi) is 5.26. The number of rotatable bonds is 6.